The minimum absolute atomic E-state index is 0.267. The molecule has 0 radical (unpaired) electrons. The maximum Gasteiger partial charge on any atom is 0.271 e. The van der Waals surface area contributed by atoms with Crippen LogP contribution in [0.3, 0.4) is 0 Å². The van der Waals surface area contributed by atoms with Crippen molar-refractivity contribution in [2.24, 2.45) is 0 Å². The molecule has 0 aliphatic rings. The zero-order valence-corrected chi connectivity index (χ0v) is 10.9. The Morgan fingerprint density at radius 3 is 2.85 bits per heavy atom. The molecule has 102 valence electrons. The number of nitrogens with zero attached hydrogens (tertiary/aromatic N) is 3. The average Bonchev–Trinajstić information content (AvgIpc) is 2.52. The molecular formula is C14H15N5O. The molecule has 2 N–H and O–H groups in total. The molecule has 0 bridgehead atoms. The molecule has 0 unspecified atom stereocenters. The number of carbonyl (C=O) groups excluding carboxylic acids is 1. The van der Waals surface area contributed by atoms with Crippen LogP contribution in [0.2, 0.25) is 0 Å². The van der Waals surface area contributed by atoms with E-state index in [0.29, 0.717) is 18.9 Å². The summed E-state index contributed by atoms with van der Waals surface area (Å²) in [6.45, 7) is 4.53. The lowest BCUT2D eigenvalue weighted by Crippen LogP contribution is -2.24. The molecule has 0 spiro atoms. The van der Waals surface area contributed by atoms with Crippen LogP contribution >= 0.6 is 0 Å². The maximum absolute atomic E-state index is 11.6. The third kappa shape index (κ3) is 3.88. The van der Waals surface area contributed by atoms with Gasteiger partial charge in [0, 0.05) is 25.5 Å². The van der Waals surface area contributed by atoms with Crippen LogP contribution in [-0.2, 0) is 6.54 Å². The summed E-state index contributed by atoms with van der Waals surface area (Å²) in [6.07, 6.45) is 8.07. The van der Waals surface area contributed by atoms with Gasteiger partial charge in [0.1, 0.15) is 11.5 Å². The molecule has 6 heteroatoms. The van der Waals surface area contributed by atoms with E-state index in [-0.39, 0.29) is 11.6 Å². The Labute approximate surface area is 117 Å². The normalized spacial score (nSPS) is 9.80. The summed E-state index contributed by atoms with van der Waals surface area (Å²) in [7, 11) is 0. The number of hydrogen-bond acceptors (Lipinski definition) is 5. The highest BCUT2D eigenvalue weighted by Gasteiger charge is 2.06. The fourth-order valence-electron chi connectivity index (χ4n) is 1.49. The predicted octanol–water partition coefficient (Wildman–Crippen LogP) is 1.40. The molecule has 2 aromatic rings. The standard InChI is InChI=1S/C14H15N5O/c1-2-5-16-14(20)12-9-19-13(10-17-12)18-8-11-4-3-6-15-7-11/h2-4,6-7,9-10H,1,5,8H2,(H,16,20)(H,18,19). The summed E-state index contributed by atoms with van der Waals surface area (Å²) in [5, 5.41) is 5.75. The lowest BCUT2D eigenvalue weighted by atomic mass is 10.3. The zero-order chi connectivity index (χ0) is 14.2. The summed E-state index contributed by atoms with van der Waals surface area (Å²) in [4.78, 5) is 23.8. The van der Waals surface area contributed by atoms with Crippen molar-refractivity contribution in [2.75, 3.05) is 11.9 Å². The highest BCUT2D eigenvalue weighted by atomic mass is 16.1. The summed E-state index contributed by atoms with van der Waals surface area (Å²) in [5.41, 5.74) is 1.32. The van der Waals surface area contributed by atoms with Gasteiger partial charge in [0.15, 0.2) is 0 Å². The van der Waals surface area contributed by atoms with Crippen molar-refractivity contribution in [3.63, 3.8) is 0 Å². The molecular weight excluding hydrogens is 254 g/mol. The highest BCUT2D eigenvalue weighted by Crippen LogP contribution is 2.04. The molecule has 0 fully saturated rings. The van der Waals surface area contributed by atoms with Crippen LogP contribution in [0.1, 0.15) is 16.1 Å². The maximum atomic E-state index is 11.6. The molecule has 0 saturated heterocycles. The Morgan fingerprint density at radius 2 is 2.20 bits per heavy atom. The van der Waals surface area contributed by atoms with Crippen molar-refractivity contribution in [1.29, 1.82) is 0 Å². The van der Waals surface area contributed by atoms with Gasteiger partial charge in [-0.1, -0.05) is 12.1 Å². The first kappa shape index (κ1) is 13.7. The van der Waals surface area contributed by atoms with Crippen molar-refractivity contribution in [3.8, 4) is 0 Å². The Balaban J connectivity index is 1.91. The highest BCUT2D eigenvalue weighted by molar-refractivity contribution is 5.92. The number of anilines is 1. The van der Waals surface area contributed by atoms with Crippen molar-refractivity contribution in [2.45, 2.75) is 6.54 Å². The van der Waals surface area contributed by atoms with E-state index in [4.69, 9.17) is 0 Å². The number of amides is 1. The summed E-state index contributed by atoms with van der Waals surface area (Å²) in [5.74, 6) is 0.338. The van der Waals surface area contributed by atoms with Gasteiger partial charge in [0.05, 0.1) is 12.4 Å². The van der Waals surface area contributed by atoms with Crippen LogP contribution < -0.4 is 10.6 Å². The van der Waals surface area contributed by atoms with Crippen LogP contribution in [0, 0.1) is 0 Å². The molecule has 2 aromatic heterocycles. The summed E-state index contributed by atoms with van der Waals surface area (Å²) < 4.78 is 0. The third-order valence-electron chi connectivity index (χ3n) is 2.49. The molecule has 0 aliphatic carbocycles. The number of aromatic nitrogens is 3. The van der Waals surface area contributed by atoms with Crippen LogP contribution in [0.5, 0.6) is 0 Å². The lowest BCUT2D eigenvalue weighted by molar-refractivity contribution is 0.0952. The third-order valence-corrected chi connectivity index (χ3v) is 2.49. The van der Waals surface area contributed by atoms with Gasteiger partial charge < -0.3 is 10.6 Å². The fraction of sp³-hybridized carbons (Fsp3) is 0.143. The Hall–Kier alpha value is -2.76. The monoisotopic (exact) mass is 269 g/mol. The van der Waals surface area contributed by atoms with E-state index < -0.39 is 0 Å². The van der Waals surface area contributed by atoms with Crippen molar-refractivity contribution < 1.29 is 4.79 Å². The first-order valence-electron chi connectivity index (χ1n) is 6.13. The number of carbonyl (C=O) groups is 1. The molecule has 20 heavy (non-hydrogen) atoms. The van der Waals surface area contributed by atoms with Crippen LogP contribution in [0.25, 0.3) is 0 Å². The number of pyridine rings is 1. The van der Waals surface area contributed by atoms with Crippen LogP contribution in [0.15, 0.2) is 49.6 Å². The SMILES string of the molecule is C=CCNC(=O)c1cnc(NCc2cccnc2)cn1. The van der Waals surface area contributed by atoms with E-state index in [1.54, 1.807) is 18.5 Å². The summed E-state index contributed by atoms with van der Waals surface area (Å²) >= 11 is 0. The van der Waals surface area contributed by atoms with Gasteiger partial charge in [-0.25, -0.2) is 9.97 Å². The molecule has 0 aromatic carbocycles. The number of hydrogen-bond donors (Lipinski definition) is 2. The minimum atomic E-state index is -0.267. The Kier molecular flexibility index (Phi) is 4.77. The van der Waals surface area contributed by atoms with Gasteiger partial charge in [-0.2, -0.15) is 0 Å². The van der Waals surface area contributed by atoms with Crippen LogP contribution in [0.4, 0.5) is 5.82 Å². The molecule has 0 aliphatic heterocycles. The second-order valence-corrected chi connectivity index (χ2v) is 4.00. The van der Waals surface area contributed by atoms with Crippen molar-refractivity contribution in [3.05, 3.63) is 60.8 Å². The smallest absolute Gasteiger partial charge is 0.271 e. The fourth-order valence-corrected chi connectivity index (χ4v) is 1.49. The first-order valence-corrected chi connectivity index (χ1v) is 6.13. The van der Waals surface area contributed by atoms with Crippen molar-refractivity contribution >= 4 is 11.7 Å². The molecule has 2 heterocycles. The Morgan fingerprint density at radius 1 is 1.30 bits per heavy atom. The first-order chi connectivity index (χ1) is 9.79. The van der Waals surface area contributed by atoms with Gasteiger partial charge in [0.2, 0.25) is 0 Å². The quantitative estimate of drug-likeness (QED) is 0.775. The molecule has 6 nitrogen and oxygen atoms in total. The Bertz CT molecular complexity index is 568. The van der Waals surface area contributed by atoms with Gasteiger partial charge in [-0.3, -0.25) is 9.78 Å². The zero-order valence-electron chi connectivity index (χ0n) is 10.9. The van der Waals surface area contributed by atoms with E-state index in [9.17, 15) is 4.79 Å². The van der Waals surface area contributed by atoms with E-state index >= 15 is 0 Å². The molecule has 0 atom stereocenters. The van der Waals surface area contributed by atoms with Gasteiger partial charge in [-0.15, -0.1) is 6.58 Å². The largest absolute Gasteiger partial charge is 0.365 e. The van der Waals surface area contributed by atoms with E-state index in [0.717, 1.165) is 5.56 Å². The van der Waals surface area contributed by atoms with E-state index in [2.05, 4.69) is 32.2 Å². The number of rotatable bonds is 6. The van der Waals surface area contributed by atoms with Crippen molar-refractivity contribution in [1.82, 2.24) is 20.3 Å². The second kappa shape index (κ2) is 6.98. The lowest BCUT2D eigenvalue weighted by Gasteiger charge is -2.06. The van der Waals surface area contributed by atoms with Crippen LogP contribution in [-0.4, -0.2) is 27.4 Å². The van der Waals surface area contributed by atoms with E-state index in [1.165, 1.54) is 12.4 Å². The number of nitrogens with one attached hydrogen (secondary N) is 2. The van der Waals surface area contributed by atoms with Gasteiger partial charge in [0.25, 0.3) is 5.91 Å². The topological polar surface area (TPSA) is 79.8 Å². The molecule has 0 saturated carbocycles. The van der Waals surface area contributed by atoms with E-state index in [1.807, 2.05) is 12.1 Å². The van der Waals surface area contributed by atoms with Gasteiger partial charge >= 0.3 is 0 Å². The predicted molar refractivity (Wildman–Crippen MR) is 76.1 cm³/mol. The average molecular weight is 269 g/mol. The van der Waals surface area contributed by atoms with Gasteiger partial charge in [-0.05, 0) is 11.6 Å². The minimum Gasteiger partial charge on any atom is -0.365 e. The molecule has 2 rings (SSSR count). The second-order valence-electron chi connectivity index (χ2n) is 4.00. The molecule has 1 amide bonds. The summed E-state index contributed by atoms with van der Waals surface area (Å²) in [6, 6.07) is 3.83.